The summed E-state index contributed by atoms with van der Waals surface area (Å²) in [7, 11) is 0. The van der Waals surface area contributed by atoms with Gasteiger partial charge in [-0.3, -0.25) is 0 Å². The van der Waals surface area contributed by atoms with Gasteiger partial charge in [0.25, 0.3) is 0 Å². The number of hydrogen-bond acceptors (Lipinski definition) is 3. The summed E-state index contributed by atoms with van der Waals surface area (Å²) in [4.78, 5) is 4.44. The standard InChI is InChI=1S/C13H17BrN4/c1-2-10-12(14)13-16-7-5-11(18(13)17-10)9-4-3-6-15-8-9/h5,7,9,15H,2-4,6,8H2,1H3. The molecule has 4 nitrogen and oxygen atoms in total. The summed E-state index contributed by atoms with van der Waals surface area (Å²) in [6.45, 7) is 4.29. The number of fused-ring (bicyclic) bond motifs is 1. The zero-order valence-electron chi connectivity index (χ0n) is 10.5. The van der Waals surface area contributed by atoms with Crippen molar-refractivity contribution in [3.8, 4) is 0 Å². The molecule has 2 aromatic rings. The smallest absolute Gasteiger partial charge is 0.169 e. The normalized spacial score (nSPS) is 20.4. The molecule has 1 aliphatic heterocycles. The minimum atomic E-state index is 0.542. The SMILES string of the molecule is CCc1nn2c(C3CCCNC3)ccnc2c1Br. The number of rotatable bonds is 2. The molecule has 2 aromatic heterocycles. The molecule has 5 heteroatoms. The van der Waals surface area contributed by atoms with Crippen LogP contribution >= 0.6 is 15.9 Å². The Hall–Kier alpha value is -0.940. The van der Waals surface area contributed by atoms with Crippen molar-refractivity contribution in [2.75, 3.05) is 13.1 Å². The Kier molecular flexibility index (Phi) is 3.35. The van der Waals surface area contributed by atoms with Crippen molar-refractivity contribution in [1.82, 2.24) is 19.9 Å². The Morgan fingerprint density at radius 2 is 2.44 bits per heavy atom. The van der Waals surface area contributed by atoms with Gasteiger partial charge in [0.1, 0.15) is 0 Å². The van der Waals surface area contributed by atoms with Crippen LogP contribution in [0.1, 0.15) is 37.1 Å². The van der Waals surface area contributed by atoms with Crippen LogP contribution in [0.5, 0.6) is 0 Å². The van der Waals surface area contributed by atoms with Crippen molar-refractivity contribution in [2.45, 2.75) is 32.1 Å². The number of aromatic nitrogens is 3. The summed E-state index contributed by atoms with van der Waals surface area (Å²) in [5.74, 6) is 0.542. The van der Waals surface area contributed by atoms with Gasteiger partial charge in [-0.05, 0) is 47.8 Å². The average Bonchev–Trinajstić information content (AvgIpc) is 2.77. The van der Waals surface area contributed by atoms with Crippen molar-refractivity contribution in [2.24, 2.45) is 0 Å². The van der Waals surface area contributed by atoms with Gasteiger partial charge in [-0.2, -0.15) is 5.10 Å². The van der Waals surface area contributed by atoms with Gasteiger partial charge in [0.05, 0.1) is 15.9 Å². The van der Waals surface area contributed by atoms with Gasteiger partial charge in [-0.25, -0.2) is 9.50 Å². The van der Waals surface area contributed by atoms with E-state index in [9.17, 15) is 0 Å². The van der Waals surface area contributed by atoms with Crippen molar-refractivity contribution in [3.05, 3.63) is 28.1 Å². The zero-order valence-corrected chi connectivity index (χ0v) is 12.1. The van der Waals surface area contributed by atoms with E-state index in [0.29, 0.717) is 5.92 Å². The van der Waals surface area contributed by atoms with Gasteiger partial charge in [-0.15, -0.1) is 0 Å². The molecule has 0 radical (unpaired) electrons. The molecule has 0 aromatic carbocycles. The molecule has 1 atom stereocenters. The predicted octanol–water partition coefficient (Wildman–Crippen LogP) is 2.52. The third-order valence-electron chi connectivity index (χ3n) is 3.61. The van der Waals surface area contributed by atoms with E-state index in [1.807, 2.05) is 10.7 Å². The number of nitrogens with one attached hydrogen (secondary N) is 1. The molecule has 96 valence electrons. The monoisotopic (exact) mass is 308 g/mol. The summed E-state index contributed by atoms with van der Waals surface area (Å²) in [6, 6.07) is 2.10. The van der Waals surface area contributed by atoms with Crippen LogP contribution in [0.2, 0.25) is 0 Å². The molecule has 1 saturated heterocycles. The third kappa shape index (κ3) is 1.95. The molecule has 0 aliphatic carbocycles. The topological polar surface area (TPSA) is 42.2 Å². The second-order valence-electron chi connectivity index (χ2n) is 4.76. The van der Waals surface area contributed by atoms with Gasteiger partial charge in [0, 0.05) is 18.7 Å². The largest absolute Gasteiger partial charge is 0.316 e. The maximum atomic E-state index is 4.69. The van der Waals surface area contributed by atoms with Crippen molar-refractivity contribution in [3.63, 3.8) is 0 Å². The number of piperidine rings is 1. The minimum Gasteiger partial charge on any atom is -0.316 e. The molecule has 1 unspecified atom stereocenters. The van der Waals surface area contributed by atoms with Crippen LogP contribution < -0.4 is 5.32 Å². The van der Waals surface area contributed by atoms with Crippen molar-refractivity contribution >= 4 is 21.6 Å². The Bertz CT molecular complexity index is 557. The lowest BCUT2D eigenvalue weighted by Gasteiger charge is -2.23. The fraction of sp³-hybridized carbons (Fsp3) is 0.538. The highest BCUT2D eigenvalue weighted by molar-refractivity contribution is 9.10. The van der Waals surface area contributed by atoms with Crippen LogP contribution in [-0.4, -0.2) is 27.7 Å². The first kappa shape index (κ1) is 12.1. The molecule has 3 rings (SSSR count). The Morgan fingerprint density at radius 1 is 1.56 bits per heavy atom. The summed E-state index contributed by atoms with van der Waals surface area (Å²) in [5, 5.41) is 8.15. The zero-order chi connectivity index (χ0) is 12.5. The molecule has 0 amide bonds. The van der Waals surface area contributed by atoms with Crippen LogP contribution in [0.15, 0.2) is 16.7 Å². The molecule has 3 heterocycles. The molecule has 18 heavy (non-hydrogen) atoms. The Morgan fingerprint density at radius 3 is 3.17 bits per heavy atom. The molecule has 1 fully saturated rings. The van der Waals surface area contributed by atoms with Crippen LogP contribution in [-0.2, 0) is 6.42 Å². The quantitative estimate of drug-likeness (QED) is 0.927. The predicted molar refractivity (Wildman–Crippen MR) is 74.9 cm³/mol. The summed E-state index contributed by atoms with van der Waals surface area (Å²) < 4.78 is 3.05. The highest BCUT2D eigenvalue weighted by Crippen LogP contribution is 2.27. The lowest BCUT2D eigenvalue weighted by Crippen LogP contribution is -2.29. The van der Waals surface area contributed by atoms with Gasteiger partial charge in [0.15, 0.2) is 5.65 Å². The van der Waals surface area contributed by atoms with Crippen LogP contribution in [0, 0.1) is 0 Å². The van der Waals surface area contributed by atoms with Crippen LogP contribution in [0.3, 0.4) is 0 Å². The Balaban J connectivity index is 2.11. The molecule has 1 N–H and O–H groups in total. The molecule has 0 bridgehead atoms. The lowest BCUT2D eigenvalue weighted by atomic mass is 9.96. The fourth-order valence-corrected chi connectivity index (χ4v) is 3.25. The van der Waals surface area contributed by atoms with E-state index in [2.05, 4.69) is 44.3 Å². The number of nitrogens with zero attached hydrogens (tertiary/aromatic N) is 3. The Labute approximate surface area is 115 Å². The van der Waals surface area contributed by atoms with Crippen molar-refractivity contribution < 1.29 is 0 Å². The van der Waals surface area contributed by atoms with E-state index in [1.165, 1.54) is 18.5 Å². The van der Waals surface area contributed by atoms with E-state index in [1.54, 1.807) is 0 Å². The van der Waals surface area contributed by atoms with Crippen LogP contribution in [0.25, 0.3) is 5.65 Å². The summed E-state index contributed by atoms with van der Waals surface area (Å²) in [6.07, 6.45) is 5.28. The summed E-state index contributed by atoms with van der Waals surface area (Å²) in [5.41, 5.74) is 3.29. The first-order chi connectivity index (χ1) is 8.81. The van der Waals surface area contributed by atoms with Crippen molar-refractivity contribution in [1.29, 1.82) is 0 Å². The molecule has 0 spiro atoms. The van der Waals surface area contributed by atoms with E-state index >= 15 is 0 Å². The third-order valence-corrected chi connectivity index (χ3v) is 4.42. The molecular weight excluding hydrogens is 292 g/mol. The molecule has 1 aliphatic rings. The summed E-state index contributed by atoms with van der Waals surface area (Å²) >= 11 is 3.61. The number of hydrogen-bond donors (Lipinski definition) is 1. The second kappa shape index (κ2) is 4.97. The van der Waals surface area contributed by atoms with E-state index < -0.39 is 0 Å². The van der Waals surface area contributed by atoms with Crippen LogP contribution in [0.4, 0.5) is 0 Å². The first-order valence-corrected chi connectivity index (χ1v) is 7.33. The van der Waals surface area contributed by atoms with E-state index in [0.717, 1.165) is 35.3 Å². The van der Waals surface area contributed by atoms with Gasteiger partial charge in [0.2, 0.25) is 0 Å². The van der Waals surface area contributed by atoms with Gasteiger partial charge in [-0.1, -0.05) is 6.92 Å². The number of aryl methyl sites for hydroxylation is 1. The van der Waals surface area contributed by atoms with E-state index in [-0.39, 0.29) is 0 Å². The maximum absolute atomic E-state index is 4.69. The first-order valence-electron chi connectivity index (χ1n) is 6.54. The lowest BCUT2D eigenvalue weighted by molar-refractivity contribution is 0.448. The second-order valence-corrected chi connectivity index (χ2v) is 5.56. The van der Waals surface area contributed by atoms with E-state index in [4.69, 9.17) is 0 Å². The maximum Gasteiger partial charge on any atom is 0.169 e. The fourth-order valence-electron chi connectivity index (χ4n) is 2.62. The highest BCUT2D eigenvalue weighted by Gasteiger charge is 2.20. The highest BCUT2D eigenvalue weighted by atomic mass is 79.9. The number of halogens is 1. The minimum absolute atomic E-state index is 0.542. The van der Waals surface area contributed by atoms with Gasteiger partial charge < -0.3 is 5.32 Å². The van der Waals surface area contributed by atoms with Gasteiger partial charge >= 0.3 is 0 Å². The molecule has 0 saturated carbocycles. The average molecular weight is 309 g/mol. The molecular formula is C13H17BrN4.